The Morgan fingerprint density at radius 1 is 1.24 bits per heavy atom. The number of ether oxygens (including phenoxy) is 1. The molecule has 4 heterocycles. The van der Waals surface area contributed by atoms with Crippen LogP contribution in [-0.4, -0.2) is 63.0 Å². The number of likely N-dealkylation sites (tertiary alicyclic amines) is 1. The molecule has 1 saturated carbocycles. The van der Waals surface area contributed by atoms with Gasteiger partial charge in [-0.05, 0) is 44.1 Å². The van der Waals surface area contributed by atoms with Crippen LogP contribution in [0.4, 0.5) is 0 Å². The van der Waals surface area contributed by atoms with Crippen molar-refractivity contribution < 1.29 is 19.4 Å². The van der Waals surface area contributed by atoms with Crippen LogP contribution in [0.15, 0.2) is 6.07 Å². The SMILES string of the molecule is Cc1nn(C)c2nc(C3CC3)cc(C(=O)N3C[C@@H](C(=O)O)[C@H](C4CCOC4)C3)c12. The Morgan fingerprint density at radius 3 is 2.69 bits per heavy atom. The molecule has 1 N–H and O–H groups in total. The summed E-state index contributed by atoms with van der Waals surface area (Å²) in [5.74, 6) is -0.921. The van der Waals surface area contributed by atoms with E-state index in [-0.39, 0.29) is 24.3 Å². The number of amides is 1. The first kappa shape index (κ1) is 18.5. The van der Waals surface area contributed by atoms with Crippen LogP contribution in [0.3, 0.4) is 0 Å². The quantitative estimate of drug-likeness (QED) is 0.846. The van der Waals surface area contributed by atoms with E-state index in [0.29, 0.717) is 31.2 Å². The van der Waals surface area contributed by atoms with Crippen LogP contribution in [0, 0.1) is 24.7 Å². The Balaban J connectivity index is 1.51. The molecule has 1 aliphatic carbocycles. The van der Waals surface area contributed by atoms with Gasteiger partial charge in [0.1, 0.15) is 0 Å². The van der Waals surface area contributed by atoms with Crippen molar-refractivity contribution in [2.24, 2.45) is 24.8 Å². The predicted molar refractivity (Wildman–Crippen MR) is 105 cm³/mol. The van der Waals surface area contributed by atoms with Crippen LogP contribution in [0.1, 0.15) is 46.9 Å². The summed E-state index contributed by atoms with van der Waals surface area (Å²) in [7, 11) is 1.85. The lowest BCUT2D eigenvalue weighted by molar-refractivity contribution is -0.143. The molecule has 0 aromatic carbocycles. The van der Waals surface area contributed by atoms with E-state index < -0.39 is 11.9 Å². The summed E-state index contributed by atoms with van der Waals surface area (Å²) >= 11 is 0. The number of hydrogen-bond donors (Lipinski definition) is 1. The standard InChI is InChI=1S/C21H26N4O4/c1-11-18-14(7-17(12-3-4-12)22-19(18)24(2)23-11)20(26)25-8-15(13-5-6-29-10-13)16(9-25)21(27)28/h7,12-13,15-16H,3-6,8-10H2,1-2H3,(H,27,28)/t13?,15-,16+/m0/s1. The fourth-order valence-corrected chi connectivity index (χ4v) is 5.02. The van der Waals surface area contributed by atoms with Crippen LogP contribution in [-0.2, 0) is 16.6 Å². The molecule has 5 rings (SSSR count). The largest absolute Gasteiger partial charge is 0.481 e. The molecule has 29 heavy (non-hydrogen) atoms. The zero-order valence-electron chi connectivity index (χ0n) is 16.8. The Bertz CT molecular complexity index is 990. The number of fused-ring (bicyclic) bond motifs is 1. The Labute approximate surface area is 168 Å². The summed E-state index contributed by atoms with van der Waals surface area (Å²) in [6, 6.07) is 1.92. The zero-order chi connectivity index (χ0) is 20.3. The highest BCUT2D eigenvalue weighted by Gasteiger charge is 2.45. The molecular weight excluding hydrogens is 372 g/mol. The van der Waals surface area contributed by atoms with E-state index in [0.717, 1.165) is 41.7 Å². The minimum absolute atomic E-state index is 0.0609. The molecule has 2 saturated heterocycles. The van der Waals surface area contributed by atoms with Gasteiger partial charge in [0.15, 0.2) is 5.65 Å². The Kier molecular flexibility index (Phi) is 4.34. The molecule has 0 bridgehead atoms. The first-order chi connectivity index (χ1) is 13.9. The molecule has 0 radical (unpaired) electrons. The number of carbonyl (C=O) groups excluding carboxylic acids is 1. The highest BCUT2D eigenvalue weighted by molar-refractivity contribution is 6.06. The third-order valence-corrected chi connectivity index (χ3v) is 6.75. The number of carboxylic acid groups (broad SMARTS) is 1. The fraction of sp³-hybridized carbons (Fsp3) is 0.619. The van der Waals surface area contributed by atoms with Crippen molar-refractivity contribution in [2.45, 2.75) is 32.1 Å². The Hall–Kier alpha value is -2.48. The van der Waals surface area contributed by atoms with Crippen LogP contribution >= 0.6 is 0 Å². The number of pyridine rings is 1. The van der Waals surface area contributed by atoms with Crippen molar-refractivity contribution >= 4 is 22.9 Å². The van der Waals surface area contributed by atoms with Gasteiger partial charge in [0.25, 0.3) is 5.91 Å². The molecular formula is C21H26N4O4. The third-order valence-electron chi connectivity index (χ3n) is 6.75. The predicted octanol–water partition coefficient (Wildman–Crippen LogP) is 1.96. The highest BCUT2D eigenvalue weighted by Crippen LogP contribution is 2.41. The zero-order valence-corrected chi connectivity index (χ0v) is 16.8. The molecule has 154 valence electrons. The van der Waals surface area contributed by atoms with E-state index in [2.05, 4.69) is 5.10 Å². The smallest absolute Gasteiger partial charge is 0.308 e. The van der Waals surface area contributed by atoms with E-state index in [1.807, 2.05) is 20.0 Å². The number of aryl methyl sites for hydroxylation is 2. The summed E-state index contributed by atoms with van der Waals surface area (Å²) in [6.45, 7) is 3.86. The molecule has 0 spiro atoms. The van der Waals surface area contributed by atoms with Gasteiger partial charge >= 0.3 is 5.97 Å². The van der Waals surface area contributed by atoms with Gasteiger partial charge in [0, 0.05) is 45.0 Å². The van der Waals surface area contributed by atoms with Crippen molar-refractivity contribution in [1.82, 2.24) is 19.7 Å². The average Bonchev–Trinajstić information content (AvgIpc) is 3.11. The number of carboxylic acids is 1. The monoisotopic (exact) mass is 398 g/mol. The van der Waals surface area contributed by atoms with Gasteiger partial charge in [-0.3, -0.25) is 14.3 Å². The lowest BCUT2D eigenvalue weighted by atomic mass is 9.83. The van der Waals surface area contributed by atoms with Crippen molar-refractivity contribution in [3.63, 3.8) is 0 Å². The minimum Gasteiger partial charge on any atom is -0.481 e. The van der Waals surface area contributed by atoms with Gasteiger partial charge in [-0.15, -0.1) is 0 Å². The highest BCUT2D eigenvalue weighted by atomic mass is 16.5. The van der Waals surface area contributed by atoms with Gasteiger partial charge in [-0.1, -0.05) is 0 Å². The summed E-state index contributed by atoms with van der Waals surface area (Å²) in [5, 5.41) is 15.0. The maximum atomic E-state index is 13.6. The molecule has 8 nitrogen and oxygen atoms in total. The average molecular weight is 398 g/mol. The van der Waals surface area contributed by atoms with Crippen molar-refractivity contribution in [1.29, 1.82) is 0 Å². The van der Waals surface area contributed by atoms with Gasteiger partial charge in [-0.2, -0.15) is 5.10 Å². The number of carbonyl (C=O) groups is 2. The van der Waals surface area contributed by atoms with Crippen LogP contribution in [0.5, 0.6) is 0 Å². The number of aromatic nitrogens is 3. The maximum absolute atomic E-state index is 13.6. The van der Waals surface area contributed by atoms with E-state index in [4.69, 9.17) is 9.72 Å². The molecule has 1 unspecified atom stereocenters. The summed E-state index contributed by atoms with van der Waals surface area (Å²) in [4.78, 5) is 32.0. The number of aliphatic carboxylic acids is 1. The summed E-state index contributed by atoms with van der Waals surface area (Å²) in [6.07, 6.45) is 3.05. The molecule has 3 atom stereocenters. The second-order valence-corrected chi connectivity index (χ2v) is 8.72. The second-order valence-electron chi connectivity index (χ2n) is 8.72. The summed E-state index contributed by atoms with van der Waals surface area (Å²) in [5.41, 5.74) is 3.05. The van der Waals surface area contributed by atoms with Crippen molar-refractivity contribution in [2.75, 3.05) is 26.3 Å². The van der Waals surface area contributed by atoms with E-state index in [1.165, 1.54) is 0 Å². The lowest BCUT2D eigenvalue weighted by Gasteiger charge is -2.20. The van der Waals surface area contributed by atoms with Crippen LogP contribution in [0.2, 0.25) is 0 Å². The first-order valence-corrected chi connectivity index (χ1v) is 10.4. The fourth-order valence-electron chi connectivity index (χ4n) is 5.02. The van der Waals surface area contributed by atoms with Gasteiger partial charge < -0.3 is 14.7 Å². The van der Waals surface area contributed by atoms with Crippen molar-refractivity contribution in [3.8, 4) is 0 Å². The van der Waals surface area contributed by atoms with Crippen molar-refractivity contribution in [3.05, 3.63) is 23.0 Å². The van der Waals surface area contributed by atoms with Gasteiger partial charge in [-0.25, -0.2) is 4.98 Å². The topological polar surface area (TPSA) is 97.6 Å². The van der Waals surface area contributed by atoms with E-state index in [9.17, 15) is 14.7 Å². The molecule has 2 aromatic rings. The first-order valence-electron chi connectivity index (χ1n) is 10.4. The normalized spacial score (nSPS) is 27.1. The lowest BCUT2D eigenvalue weighted by Crippen LogP contribution is -2.30. The van der Waals surface area contributed by atoms with Gasteiger partial charge in [0.05, 0.1) is 22.6 Å². The number of nitrogens with zero attached hydrogens (tertiary/aromatic N) is 4. The minimum atomic E-state index is -0.826. The third kappa shape index (κ3) is 3.10. The van der Waals surface area contributed by atoms with Gasteiger partial charge in [0.2, 0.25) is 0 Å². The maximum Gasteiger partial charge on any atom is 0.308 e. The summed E-state index contributed by atoms with van der Waals surface area (Å²) < 4.78 is 7.22. The number of rotatable bonds is 4. The molecule has 3 aliphatic rings. The number of hydrogen-bond acceptors (Lipinski definition) is 5. The van der Waals surface area contributed by atoms with Crippen LogP contribution in [0.25, 0.3) is 11.0 Å². The molecule has 8 heteroatoms. The second kappa shape index (κ2) is 6.79. The van der Waals surface area contributed by atoms with Crippen LogP contribution < -0.4 is 0 Å². The molecule has 1 amide bonds. The van der Waals surface area contributed by atoms with E-state index in [1.54, 1.807) is 9.58 Å². The molecule has 2 aromatic heterocycles. The molecule has 3 fully saturated rings. The Morgan fingerprint density at radius 2 is 2.03 bits per heavy atom. The molecule has 2 aliphatic heterocycles. The van der Waals surface area contributed by atoms with E-state index >= 15 is 0 Å².